The second kappa shape index (κ2) is 9.62. The summed E-state index contributed by atoms with van der Waals surface area (Å²) in [4.78, 5) is 29.9. The smallest absolute Gasteiger partial charge is 0.317 e. The molecule has 0 radical (unpaired) electrons. The van der Waals surface area contributed by atoms with Gasteiger partial charge in [-0.1, -0.05) is 23.9 Å². The molecule has 2 aromatic carbocycles. The molecule has 158 valence electrons. The van der Waals surface area contributed by atoms with Crippen LogP contribution in [0.15, 0.2) is 47.5 Å². The topological polar surface area (TPSA) is 88.4 Å². The second-order valence-corrected chi connectivity index (χ2v) is 7.68. The summed E-state index contributed by atoms with van der Waals surface area (Å²) in [5, 5.41) is 8.66. The number of rotatable bonds is 7. The largest absolute Gasteiger partial charge is 0.493 e. The molecule has 9 heteroatoms. The van der Waals surface area contributed by atoms with Gasteiger partial charge in [-0.3, -0.25) is 14.5 Å². The Labute approximate surface area is 177 Å². The third kappa shape index (κ3) is 5.10. The first-order valence-electron chi connectivity index (χ1n) is 9.16. The highest BCUT2D eigenvalue weighted by Gasteiger charge is 2.35. The zero-order chi connectivity index (χ0) is 21.7. The van der Waals surface area contributed by atoms with E-state index in [1.807, 2.05) is 12.1 Å². The van der Waals surface area contributed by atoms with Gasteiger partial charge in [0.25, 0.3) is 0 Å². The number of aliphatic imine (C=N–C) groups is 1. The summed E-state index contributed by atoms with van der Waals surface area (Å²) in [6.45, 7) is 0.293. The zero-order valence-corrected chi connectivity index (χ0v) is 17.3. The molecule has 0 aromatic heterocycles. The fourth-order valence-electron chi connectivity index (χ4n) is 2.99. The molecule has 0 bridgehead atoms. The van der Waals surface area contributed by atoms with Crippen LogP contribution in [0.5, 0.6) is 11.5 Å². The molecule has 0 spiro atoms. The number of ether oxygens (including phenoxy) is 2. The fourth-order valence-corrected chi connectivity index (χ4v) is 4.05. The Morgan fingerprint density at radius 1 is 1.23 bits per heavy atom. The number of nitrogens with zero attached hydrogens (tertiary/aromatic N) is 2. The molecule has 1 fully saturated rings. The highest BCUT2D eigenvalue weighted by Crippen LogP contribution is 2.31. The van der Waals surface area contributed by atoms with Gasteiger partial charge in [0, 0.05) is 6.54 Å². The molecule has 0 aliphatic carbocycles. The van der Waals surface area contributed by atoms with Gasteiger partial charge < -0.3 is 14.6 Å². The standard InChI is InChI=1S/C21H21FN2O5S/c1-28-16-7-6-13(10-17(16)29-2)8-9-24-19(25)12-18(20(26)27)30-21(24)23-15-5-3-4-14(22)11-15/h3-7,10-11,18H,8-9,12H2,1-2H3,(H,26,27)/t18-/m1/s1. The van der Waals surface area contributed by atoms with Crippen molar-refractivity contribution in [2.45, 2.75) is 18.1 Å². The summed E-state index contributed by atoms with van der Waals surface area (Å²) >= 11 is 0.989. The number of carboxylic acids is 1. The Hall–Kier alpha value is -3.07. The molecule has 0 unspecified atom stereocenters. The van der Waals surface area contributed by atoms with Crippen LogP contribution in [0.4, 0.5) is 10.1 Å². The number of aliphatic carboxylic acids is 1. The minimum atomic E-state index is -1.08. The van der Waals surface area contributed by atoms with E-state index in [4.69, 9.17) is 9.47 Å². The van der Waals surface area contributed by atoms with Crippen molar-refractivity contribution in [1.29, 1.82) is 0 Å². The van der Waals surface area contributed by atoms with Crippen molar-refractivity contribution in [2.24, 2.45) is 4.99 Å². The zero-order valence-electron chi connectivity index (χ0n) is 16.5. The number of hydrogen-bond acceptors (Lipinski definition) is 6. The predicted octanol–water partition coefficient (Wildman–Crippen LogP) is 3.49. The van der Waals surface area contributed by atoms with Crippen LogP contribution in [-0.4, -0.2) is 53.1 Å². The molecular weight excluding hydrogens is 411 g/mol. The average Bonchev–Trinajstić information content (AvgIpc) is 2.72. The summed E-state index contributed by atoms with van der Waals surface area (Å²) in [5.74, 6) is -0.704. The highest BCUT2D eigenvalue weighted by atomic mass is 32.2. The number of benzene rings is 2. The minimum absolute atomic E-state index is 0.131. The molecule has 7 nitrogen and oxygen atoms in total. The van der Waals surface area contributed by atoms with E-state index in [1.54, 1.807) is 26.4 Å². The fraction of sp³-hybridized carbons (Fsp3) is 0.286. The van der Waals surface area contributed by atoms with Gasteiger partial charge in [-0.05, 0) is 42.3 Å². The summed E-state index contributed by atoms with van der Waals surface area (Å²) in [7, 11) is 3.09. The lowest BCUT2D eigenvalue weighted by molar-refractivity contribution is -0.139. The second-order valence-electron chi connectivity index (χ2n) is 6.51. The van der Waals surface area contributed by atoms with E-state index in [0.29, 0.717) is 30.2 Å². The number of amides is 1. The van der Waals surface area contributed by atoms with Gasteiger partial charge in [-0.15, -0.1) is 0 Å². The molecule has 1 N–H and O–H groups in total. The Bertz CT molecular complexity index is 982. The first-order valence-corrected chi connectivity index (χ1v) is 10.0. The highest BCUT2D eigenvalue weighted by molar-refractivity contribution is 8.15. The number of carbonyl (C=O) groups is 2. The van der Waals surface area contributed by atoms with Crippen molar-refractivity contribution in [2.75, 3.05) is 20.8 Å². The Kier molecular flexibility index (Phi) is 6.94. The van der Waals surface area contributed by atoms with Crippen molar-refractivity contribution in [3.05, 3.63) is 53.8 Å². The molecule has 1 atom stereocenters. The van der Waals surface area contributed by atoms with Gasteiger partial charge in [0.1, 0.15) is 11.1 Å². The van der Waals surface area contributed by atoms with E-state index in [2.05, 4.69) is 4.99 Å². The lowest BCUT2D eigenvalue weighted by atomic mass is 10.1. The molecule has 1 aliphatic rings. The Morgan fingerprint density at radius 3 is 2.67 bits per heavy atom. The monoisotopic (exact) mass is 432 g/mol. The molecule has 2 aromatic rings. The van der Waals surface area contributed by atoms with E-state index in [-0.39, 0.29) is 17.5 Å². The van der Waals surface area contributed by atoms with Crippen LogP contribution in [0, 0.1) is 5.82 Å². The van der Waals surface area contributed by atoms with Crippen LogP contribution in [0.1, 0.15) is 12.0 Å². The van der Waals surface area contributed by atoms with E-state index in [0.717, 1.165) is 17.3 Å². The van der Waals surface area contributed by atoms with E-state index in [1.165, 1.54) is 23.1 Å². The molecule has 1 amide bonds. The number of methoxy groups -OCH3 is 2. The molecule has 1 aliphatic heterocycles. The van der Waals surface area contributed by atoms with E-state index in [9.17, 15) is 19.1 Å². The normalized spacial score (nSPS) is 17.8. The minimum Gasteiger partial charge on any atom is -0.493 e. The van der Waals surface area contributed by atoms with Crippen molar-refractivity contribution in [3.8, 4) is 11.5 Å². The van der Waals surface area contributed by atoms with Crippen molar-refractivity contribution >= 4 is 34.5 Å². The van der Waals surface area contributed by atoms with Crippen molar-refractivity contribution in [3.63, 3.8) is 0 Å². The summed E-state index contributed by atoms with van der Waals surface area (Å²) < 4.78 is 24.1. The average molecular weight is 432 g/mol. The maximum Gasteiger partial charge on any atom is 0.317 e. The molecule has 3 rings (SSSR count). The van der Waals surface area contributed by atoms with Gasteiger partial charge in [0.15, 0.2) is 16.7 Å². The number of carboxylic acid groups (broad SMARTS) is 1. The number of halogens is 1. The van der Waals surface area contributed by atoms with Crippen LogP contribution >= 0.6 is 11.8 Å². The lowest BCUT2D eigenvalue weighted by Gasteiger charge is -2.30. The van der Waals surface area contributed by atoms with Crippen molar-refractivity contribution in [1.82, 2.24) is 4.90 Å². The van der Waals surface area contributed by atoms with Crippen LogP contribution in [-0.2, 0) is 16.0 Å². The lowest BCUT2D eigenvalue weighted by Crippen LogP contribution is -2.44. The summed E-state index contributed by atoms with van der Waals surface area (Å²) in [5.41, 5.74) is 1.23. The molecule has 30 heavy (non-hydrogen) atoms. The quantitative estimate of drug-likeness (QED) is 0.721. The van der Waals surface area contributed by atoms with E-state index >= 15 is 0 Å². The molecule has 1 heterocycles. The SMILES string of the molecule is COc1ccc(CCN2C(=O)C[C@H](C(=O)O)SC2=Nc2cccc(F)c2)cc1OC. The number of amidine groups is 1. The van der Waals surface area contributed by atoms with E-state index < -0.39 is 17.0 Å². The third-order valence-corrected chi connectivity index (χ3v) is 5.70. The molecule has 0 saturated carbocycles. The van der Waals surface area contributed by atoms with Crippen LogP contribution in [0.25, 0.3) is 0 Å². The maximum atomic E-state index is 13.5. The predicted molar refractivity (Wildman–Crippen MR) is 112 cm³/mol. The molecule has 1 saturated heterocycles. The van der Waals surface area contributed by atoms with Gasteiger partial charge >= 0.3 is 5.97 Å². The third-order valence-electron chi connectivity index (χ3n) is 4.52. The number of carbonyl (C=O) groups excluding carboxylic acids is 1. The van der Waals surface area contributed by atoms with Gasteiger partial charge in [0.2, 0.25) is 5.91 Å². The van der Waals surface area contributed by atoms with Gasteiger partial charge in [-0.2, -0.15) is 0 Å². The molecular formula is C21H21FN2O5S. The van der Waals surface area contributed by atoms with Crippen LogP contribution in [0.3, 0.4) is 0 Å². The van der Waals surface area contributed by atoms with Gasteiger partial charge in [-0.25, -0.2) is 9.38 Å². The van der Waals surface area contributed by atoms with Crippen molar-refractivity contribution < 1.29 is 28.6 Å². The Morgan fingerprint density at radius 2 is 2.00 bits per heavy atom. The van der Waals surface area contributed by atoms with Gasteiger partial charge in [0.05, 0.1) is 26.3 Å². The van der Waals surface area contributed by atoms with Crippen LogP contribution < -0.4 is 9.47 Å². The Balaban J connectivity index is 1.84. The number of hydrogen-bond donors (Lipinski definition) is 1. The summed E-state index contributed by atoms with van der Waals surface area (Å²) in [6.07, 6.45) is 0.362. The first kappa shape index (κ1) is 21.6. The maximum absolute atomic E-state index is 13.5. The first-order chi connectivity index (χ1) is 14.4. The number of thioether (sulfide) groups is 1. The van der Waals surface area contributed by atoms with Crippen LogP contribution in [0.2, 0.25) is 0 Å². The summed E-state index contributed by atoms with van der Waals surface area (Å²) in [6, 6.07) is 11.1.